The first-order valence-corrected chi connectivity index (χ1v) is 7.82. The van der Waals surface area contributed by atoms with E-state index in [-0.39, 0.29) is 11.9 Å². The molecule has 2 aliphatic rings. The van der Waals surface area contributed by atoms with E-state index in [2.05, 4.69) is 10.00 Å². The van der Waals surface area contributed by atoms with Crippen LogP contribution in [0.5, 0.6) is 0 Å². The van der Waals surface area contributed by atoms with Crippen LogP contribution < -0.4 is 0 Å². The molecule has 2 atom stereocenters. The van der Waals surface area contributed by atoms with Gasteiger partial charge in [-0.1, -0.05) is 0 Å². The number of rotatable bonds is 4. The van der Waals surface area contributed by atoms with Gasteiger partial charge >= 0.3 is 0 Å². The molecular weight excluding hydrogens is 268 g/mol. The minimum atomic E-state index is -0.399. The van der Waals surface area contributed by atoms with Crippen LogP contribution in [0.2, 0.25) is 0 Å². The van der Waals surface area contributed by atoms with Crippen LogP contribution >= 0.6 is 0 Å². The molecule has 1 N–H and O–H groups in total. The third-order valence-corrected chi connectivity index (χ3v) is 4.74. The highest BCUT2D eigenvalue weighted by atomic mass is 16.3. The standard InChI is InChI=1S/C15H24N4O2/c1-17-12(6-7-16-17)4-5-15(21)19-10-13(14(20)11-19)18-8-2-3-9-18/h6-7,13-14,20H,2-5,8-11H2,1H3/t13-,14-/m1/s1. The average molecular weight is 292 g/mol. The summed E-state index contributed by atoms with van der Waals surface area (Å²) in [6, 6.07) is 2.08. The normalized spacial score (nSPS) is 26.7. The number of nitrogens with zero attached hydrogens (tertiary/aromatic N) is 4. The Morgan fingerprint density at radius 3 is 2.81 bits per heavy atom. The van der Waals surface area contributed by atoms with E-state index in [1.54, 1.807) is 10.9 Å². The van der Waals surface area contributed by atoms with Gasteiger partial charge < -0.3 is 10.0 Å². The van der Waals surface area contributed by atoms with Crippen LogP contribution in [0.25, 0.3) is 0 Å². The molecule has 0 radical (unpaired) electrons. The summed E-state index contributed by atoms with van der Waals surface area (Å²) >= 11 is 0. The second-order valence-electron chi connectivity index (χ2n) is 6.12. The van der Waals surface area contributed by atoms with Crippen LogP contribution in [0.4, 0.5) is 0 Å². The summed E-state index contributed by atoms with van der Waals surface area (Å²) in [5.74, 6) is 0.136. The largest absolute Gasteiger partial charge is 0.390 e. The zero-order valence-corrected chi connectivity index (χ0v) is 12.6. The topological polar surface area (TPSA) is 61.6 Å². The molecule has 0 aromatic carbocycles. The van der Waals surface area contributed by atoms with E-state index in [1.165, 1.54) is 12.8 Å². The van der Waals surface area contributed by atoms with E-state index in [1.807, 2.05) is 18.0 Å². The minimum absolute atomic E-state index is 0.133. The lowest BCUT2D eigenvalue weighted by molar-refractivity contribution is -0.130. The van der Waals surface area contributed by atoms with Crippen LogP contribution in [0, 0.1) is 0 Å². The SMILES string of the molecule is Cn1nccc1CCC(=O)N1C[C@@H](O)[C@H](N2CCCC2)C1. The molecule has 2 aliphatic heterocycles. The molecule has 0 unspecified atom stereocenters. The van der Waals surface area contributed by atoms with Crippen molar-refractivity contribution in [3.8, 4) is 0 Å². The first-order chi connectivity index (χ1) is 10.1. The molecule has 1 aromatic heterocycles. The van der Waals surface area contributed by atoms with Crippen molar-refractivity contribution >= 4 is 5.91 Å². The van der Waals surface area contributed by atoms with Gasteiger partial charge in [-0.05, 0) is 38.4 Å². The van der Waals surface area contributed by atoms with E-state index >= 15 is 0 Å². The van der Waals surface area contributed by atoms with Crippen molar-refractivity contribution in [1.82, 2.24) is 19.6 Å². The van der Waals surface area contributed by atoms with Crippen LogP contribution in [0.15, 0.2) is 12.3 Å². The number of carbonyl (C=O) groups is 1. The number of aryl methyl sites for hydroxylation is 2. The molecule has 3 rings (SSSR count). The van der Waals surface area contributed by atoms with Gasteiger partial charge in [0.15, 0.2) is 0 Å². The summed E-state index contributed by atoms with van der Waals surface area (Å²) in [6.07, 6.45) is 4.96. The predicted molar refractivity (Wildman–Crippen MR) is 78.7 cm³/mol. The van der Waals surface area contributed by atoms with Crippen LogP contribution in [0.3, 0.4) is 0 Å². The maximum atomic E-state index is 12.3. The maximum Gasteiger partial charge on any atom is 0.223 e. The molecule has 6 nitrogen and oxygen atoms in total. The van der Waals surface area contributed by atoms with Gasteiger partial charge in [0.25, 0.3) is 0 Å². The molecule has 0 aliphatic carbocycles. The molecule has 116 valence electrons. The third kappa shape index (κ3) is 3.11. The lowest BCUT2D eigenvalue weighted by Crippen LogP contribution is -2.41. The number of hydrogen-bond acceptors (Lipinski definition) is 4. The average Bonchev–Trinajstić information content (AvgIpc) is 3.17. The van der Waals surface area contributed by atoms with E-state index in [4.69, 9.17) is 0 Å². The minimum Gasteiger partial charge on any atom is -0.390 e. The summed E-state index contributed by atoms with van der Waals surface area (Å²) in [6.45, 7) is 3.26. The number of aliphatic hydroxyl groups excluding tert-OH is 1. The van der Waals surface area contributed by atoms with E-state index in [0.717, 1.165) is 18.8 Å². The Morgan fingerprint density at radius 2 is 2.14 bits per heavy atom. The Bertz CT molecular complexity index is 496. The van der Waals surface area contributed by atoms with Gasteiger partial charge in [0.1, 0.15) is 0 Å². The molecule has 2 fully saturated rings. The van der Waals surface area contributed by atoms with Crippen molar-refractivity contribution in [2.75, 3.05) is 26.2 Å². The zero-order valence-electron chi connectivity index (χ0n) is 12.6. The maximum absolute atomic E-state index is 12.3. The van der Waals surface area contributed by atoms with Crippen LogP contribution in [-0.4, -0.2) is 68.9 Å². The lowest BCUT2D eigenvalue weighted by atomic mass is 10.2. The van der Waals surface area contributed by atoms with Gasteiger partial charge in [0.05, 0.1) is 12.1 Å². The Morgan fingerprint density at radius 1 is 1.38 bits per heavy atom. The van der Waals surface area contributed by atoms with E-state index in [9.17, 15) is 9.90 Å². The van der Waals surface area contributed by atoms with Crippen molar-refractivity contribution in [2.45, 2.75) is 37.8 Å². The number of amides is 1. The summed E-state index contributed by atoms with van der Waals surface area (Å²) in [4.78, 5) is 16.5. The van der Waals surface area contributed by atoms with Crippen LogP contribution in [0.1, 0.15) is 25.0 Å². The van der Waals surface area contributed by atoms with Gasteiger partial charge in [-0.25, -0.2) is 0 Å². The predicted octanol–water partition coefficient (Wildman–Crippen LogP) is 0.0202. The van der Waals surface area contributed by atoms with Gasteiger partial charge in [-0.15, -0.1) is 0 Å². The third-order valence-electron chi connectivity index (χ3n) is 4.74. The number of aliphatic hydroxyl groups is 1. The van der Waals surface area contributed by atoms with Crippen molar-refractivity contribution in [3.05, 3.63) is 18.0 Å². The molecule has 3 heterocycles. The first kappa shape index (κ1) is 14.5. The molecule has 2 saturated heterocycles. The fourth-order valence-electron chi connectivity index (χ4n) is 3.44. The quantitative estimate of drug-likeness (QED) is 0.850. The molecule has 21 heavy (non-hydrogen) atoms. The highest BCUT2D eigenvalue weighted by molar-refractivity contribution is 5.76. The molecule has 0 bridgehead atoms. The monoisotopic (exact) mass is 292 g/mol. The Hall–Kier alpha value is -1.40. The fourth-order valence-corrected chi connectivity index (χ4v) is 3.44. The Kier molecular flexibility index (Phi) is 4.26. The van der Waals surface area contributed by atoms with E-state index < -0.39 is 6.10 Å². The molecule has 1 amide bonds. The van der Waals surface area contributed by atoms with Crippen molar-refractivity contribution < 1.29 is 9.90 Å². The van der Waals surface area contributed by atoms with E-state index in [0.29, 0.717) is 25.9 Å². The number of likely N-dealkylation sites (tertiary alicyclic amines) is 2. The number of β-amino-alcohol motifs (C(OH)–C–C–N with tert-alkyl or cyclic N) is 1. The first-order valence-electron chi connectivity index (χ1n) is 7.82. The summed E-state index contributed by atoms with van der Waals surface area (Å²) in [5.41, 5.74) is 1.07. The second-order valence-corrected chi connectivity index (χ2v) is 6.12. The smallest absolute Gasteiger partial charge is 0.223 e. The number of aromatic nitrogens is 2. The zero-order chi connectivity index (χ0) is 14.8. The molecule has 1 aromatic rings. The Labute approximate surface area is 125 Å². The summed E-state index contributed by atoms with van der Waals surface area (Å²) < 4.78 is 1.80. The van der Waals surface area contributed by atoms with Crippen molar-refractivity contribution in [1.29, 1.82) is 0 Å². The number of hydrogen-bond donors (Lipinski definition) is 1. The van der Waals surface area contributed by atoms with Crippen molar-refractivity contribution in [2.24, 2.45) is 7.05 Å². The molecule has 0 saturated carbocycles. The summed E-state index contributed by atoms with van der Waals surface area (Å²) in [5, 5.41) is 14.3. The highest BCUT2D eigenvalue weighted by Crippen LogP contribution is 2.21. The highest BCUT2D eigenvalue weighted by Gasteiger charge is 2.38. The van der Waals surface area contributed by atoms with Gasteiger partial charge in [-0.3, -0.25) is 14.4 Å². The number of carbonyl (C=O) groups excluding carboxylic acids is 1. The fraction of sp³-hybridized carbons (Fsp3) is 0.733. The van der Waals surface area contributed by atoms with Crippen molar-refractivity contribution in [3.63, 3.8) is 0 Å². The second kappa shape index (κ2) is 6.15. The van der Waals surface area contributed by atoms with Gasteiger partial charge in [-0.2, -0.15) is 5.10 Å². The summed E-state index contributed by atoms with van der Waals surface area (Å²) in [7, 11) is 1.89. The molecule has 6 heteroatoms. The van der Waals surface area contributed by atoms with Crippen LogP contribution in [-0.2, 0) is 18.3 Å². The Balaban J connectivity index is 1.52. The van der Waals surface area contributed by atoms with Gasteiger partial charge in [0.2, 0.25) is 5.91 Å². The molecule has 0 spiro atoms. The van der Waals surface area contributed by atoms with Gasteiger partial charge in [0, 0.05) is 38.4 Å². The molecular formula is C15H24N4O2. The lowest BCUT2D eigenvalue weighted by Gasteiger charge is -2.25.